The maximum absolute atomic E-state index is 6.59. The van der Waals surface area contributed by atoms with E-state index in [0.29, 0.717) is 0 Å². The van der Waals surface area contributed by atoms with E-state index in [9.17, 15) is 0 Å². The van der Waals surface area contributed by atoms with Crippen molar-refractivity contribution in [1.82, 2.24) is 0 Å². The van der Waals surface area contributed by atoms with E-state index in [-0.39, 0.29) is 0 Å². The van der Waals surface area contributed by atoms with E-state index in [1.165, 1.54) is 60.1 Å². The predicted molar refractivity (Wildman–Crippen MR) is 237 cm³/mol. The van der Waals surface area contributed by atoms with Crippen LogP contribution in [0.5, 0.6) is 0 Å². The van der Waals surface area contributed by atoms with Gasteiger partial charge < -0.3 is 9.32 Å². The fourth-order valence-electron chi connectivity index (χ4n) is 8.43. The van der Waals surface area contributed by atoms with E-state index in [4.69, 9.17) is 4.42 Å². The first kappa shape index (κ1) is 32.0. The van der Waals surface area contributed by atoms with Crippen LogP contribution in [0.3, 0.4) is 0 Å². The van der Waals surface area contributed by atoms with Gasteiger partial charge in [0, 0.05) is 33.9 Å². The summed E-state index contributed by atoms with van der Waals surface area (Å²) < 4.78 is 6.59. The molecule has 11 rings (SSSR count). The lowest BCUT2D eigenvalue weighted by Gasteiger charge is -2.26. The minimum absolute atomic E-state index is 0.865. The zero-order valence-corrected chi connectivity index (χ0v) is 30.6. The SMILES string of the molecule is c1ccc(-c2ccc(-c3cccc(N(c4ccc(-c5cc6ccccc6c6ccccc56)cc4)c4ccc5c(c4)oc4cc6ccccc6cc45)c3)cc2)cc1. The van der Waals surface area contributed by atoms with E-state index in [0.717, 1.165) is 44.6 Å². The molecule has 0 bridgehead atoms. The van der Waals surface area contributed by atoms with Crippen molar-refractivity contribution in [3.05, 3.63) is 212 Å². The smallest absolute Gasteiger partial charge is 0.137 e. The maximum atomic E-state index is 6.59. The minimum Gasteiger partial charge on any atom is -0.456 e. The molecule has 0 aliphatic carbocycles. The molecule has 56 heavy (non-hydrogen) atoms. The van der Waals surface area contributed by atoms with E-state index in [1.807, 2.05) is 0 Å². The first-order chi connectivity index (χ1) is 27.7. The van der Waals surface area contributed by atoms with Crippen LogP contribution in [0, 0.1) is 0 Å². The standard InChI is InChI=1S/C54H35NO/c1-2-11-36(12-3-1)37-21-23-38(24-22-37)40-16-10-17-45(31-40)55(46-29-30-50-52-32-41-13-4-5-14-42(41)34-53(52)56-54(50)35-46)44-27-25-39(26-28-44)51-33-43-15-6-7-18-47(43)48-19-8-9-20-49(48)51/h1-35H. The summed E-state index contributed by atoms with van der Waals surface area (Å²) in [5, 5.41) is 9.67. The van der Waals surface area contributed by atoms with Gasteiger partial charge in [-0.1, -0.05) is 152 Å². The fraction of sp³-hybridized carbons (Fsp3) is 0. The normalized spacial score (nSPS) is 11.6. The lowest BCUT2D eigenvalue weighted by atomic mass is 9.93. The summed E-state index contributed by atoms with van der Waals surface area (Å²) in [6.07, 6.45) is 0. The van der Waals surface area contributed by atoms with Crippen molar-refractivity contribution in [3.63, 3.8) is 0 Å². The van der Waals surface area contributed by atoms with Crippen LogP contribution in [0.1, 0.15) is 0 Å². The zero-order valence-electron chi connectivity index (χ0n) is 30.6. The van der Waals surface area contributed by atoms with E-state index >= 15 is 0 Å². The van der Waals surface area contributed by atoms with Crippen LogP contribution in [-0.4, -0.2) is 0 Å². The molecular weight excluding hydrogens is 679 g/mol. The highest BCUT2D eigenvalue weighted by atomic mass is 16.3. The van der Waals surface area contributed by atoms with E-state index < -0.39 is 0 Å². The summed E-state index contributed by atoms with van der Waals surface area (Å²) in [4.78, 5) is 2.34. The van der Waals surface area contributed by atoms with Crippen LogP contribution >= 0.6 is 0 Å². The highest BCUT2D eigenvalue weighted by Gasteiger charge is 2.18. The largest absolute Gasteiger partial charge is 0.456 e. The van der Waals surface area contributed by atoms with Crippen LogP contribution < -0.4 is 4.90 Å². The molecule has 0 spiro atoms. The maximum Gasteiger partial charge on any atom is 0.137 e. The monoisotopic (exact) mass is 713 g/mol. The van der Waals surface area contributed by atoms with Gasteiger partial charge in [-0.15, -0.1) is 0 Å². The molecule has 0 fully saturated rings. The predicted octanol–water partition coefficient (Wildman–Crippen LogP) is 15.5. The Balaban J connectivity index is 1.04. The summed E-state index contributed by atoms with van der Waals surface area (Å²) in [6.45, 7) is 0. The first-order valence-corrected chi connectivity index (χ1v) is 19.2. The van der Waals surface area contributed by atoms with Crippen molar-refractivity contribution < 1.29 is 4.42 Å². The van der Waals surface area contributed by atoms with Gasteiger partial charge in [-0.3, -0.25) is 0 Å². The van der Waals surface area contributed by atoms with Gasteiger partial charge in [-0.05, 0) is 120 Å². The van der Waals surface area contributed by atoms with Crippen LogP contribution in [0.2, 0.25) is 0 Å². The van der Waals surface area contributed by atoms with Gasteiger partial charge in [0.1, 0.15) is 11.2 Å². The molecule has 1 aromatic heterocycles. The van der Waals surface area contributed by atoms with Crippen LogP contribution in [0.25, 0.3) is 87.6 Å². The van der Waals surface area contributed by atoms with Crippen LogP contribution in [0.15, 0.2) is 217 Å². The molecule has 0 aliphatic heterocycles. The number of furan rings is 1. The Morgan fingerprint density at radius 3 is 1.61 bits per heavy atom. The Kier molecular flexibility index (Phi) is 7.53. The highest BCUT2D eigenvalue weighted by Crippen LogP contribution is 2.42. The van der Waals surface area contributed by atoms with Gasteiger partial charge in [0.2, 0.25) is 0 Å². The average Bonchev–Trinajstić information content (AvgIpc) is 3.62. The Morgan fingerprint density at radius 2 is 0.821 bits per heavy atom. The highest BCUT2D eigenvalue weighted by molar-refractivity contribution is 6.14. The zero-order chi connectivity index (χ0) is 37.0. The fourth-order valence-corrected chi connectivity index (χ4v) is 8.43. The second-order valence-corrected chi connectivity index (χ2v) is 14.5. The molecule has 0 atom stereocenters. The molecule has 0 radical (unpaired) electrons. The Hall–Kier alpha value is -7.42. The third-order valence-electron chi connectivity index (χ3n) is 11.2. The molecule has 11 aromatic rings. The number of hydrogen-bond donors (Lipinski definition) is 0. The number of rotatable bonds is 6. The van der Waals surface area contributed by atoms with Crippen molar-refractivity contribution in [2.24, 2.45) is 0 Å². The summed E-state index contributed by atoms with van der Waals surface area (Å²) in [5.41, 5.74) is 12.1. The number of fused-ring (bicyclic) bond motifs is 7. The van der Waals surface area contributed by atoms with Crippen molar-refractivity contribution in [2.75, 3.05) is 4.90 Å². The third-order valence-corrected chi connectivity index (χ3v) is 11.2. The molecule has 10 aromatic carbocycles. The number of anilines is 3. The van der Waals surface area contributed by atoms with Gasteiger partial charge in [-0.2, -0.15) is 0 Å². The quantitative estimate of drug-likeness (QED) is 0.160. The van der Waals surface area contributed by atoms with Gasteiger partial charge in [-0.25, -0.2) is 0 Å². The summed E-state index contributed by atoms with van der Waals surface area (Å²) in [7, 11) is 0. The molecule has 0 N–H and O–H groups in total. The minimum atomic E-state index is 0.865. The Morgan fingerprint density at radius 1 is 0.268 bits per heavy atom. The van der Waals surface area contributed by atoms with Gasteiger partial charge in [0.05, 0.1) is 0 Å². The van der Waals surface area contributed by atoms with Crippen molar-refractivity contribution >= 4 is 71.3 Å². The topological polar surface area (TPSA) is 16.4 Å². The lowest BCUT2D eigenvalue weighted by Crippen LogP contribution is -2.10. The molecular formula is C54H35NO. The van der Waals surface area contributed by atoms with E-state index in [1.54, 1.807) is 0 Å². The summed E-state index contributed by atoms with van der Waals surface area (Å²) in [5.74, 6) is 0. The van der Waals surface area contributed by atoms with Gasteiger partial charge >= 0.3 is 0 Å². The molecule has 2 nitrogen and oxygen atoms in total. The van der Waals surface area contributed by atoms with Crippen LogP contribution in [0.4, 0.5) is 17.1 Å². The molecule has 0 saturated carbocycles. The first-order valence-electron chi connectivity index (χ1n) is 19.2. The van der Waals surface area contributed by atoms with Crippen molar-refractivity contribution in [3.8, 4) is 33.4 Å². The van der Waals surface area contributed by atoms with Crippen molar-refractivity contribution in [1.29, 1.82) is 0 Å². The molecule has 2 heteroatoms. The van der Waals surface area contributed by atoms with Crippen molar-refractivity contribution in [2.45, 2.75) is 0 Å². The molecule has 262 valence electrons. The Bertz CT molecular complexity index is 3230. The molecule has 0 aliphatic rings. The number of nitrogens with zero attached hydrogens (tertiary/aromatic N) is 1. The second-order valence-electron chi connectivity index (χ2n) is 14.5. The number of benzene rings is 10. The van der Waals surface area contributed by atoms with Gasteiger partial charge in [0.15, 0.2) is 0 Å². The third kappa shape index (κ3) is 5.51. The van der Waals surface area contributed by atoms with Gasteiger partial charge in [0.25, 0.3) is 0 Å². The summed E-state index contributed by atoms with van der Waals surface area (Å²) in [6, 6.07) is 76.5. The average molecular weight is 714 g/mol. The summed E-state index contributed by atoms with van der Waals surface area (Å²) >= 11 is 0. The molecule has 0 unspecified atom stereocenters. The van der Waals surface area contributed by atoms with E-state index in [2.05, 4.69) is 217 Å². The Labute approximate surface area is 325 Å². The lowest BCUT2D eigenvalue weighted by molar-refractivity contribution is 0.669. The number of hydrogen-bond acceptors (Lipinski definition) is 2. The molecule has 1 heterocycles. The molecule has 0 saturated heterocycles. The van der Waals surface area contributed by atoms with Crippen LogP contribution in [-0.2, 0) is 0 Å². The molecule has 0 amide bonds. The second kappa shape index (κ2) is 13.2.